The number of ketones is 1. The highest BCUT2D eigenvalue weighted by Crippen LogP contribution is 2.34. The fourth-order valence-electron chi connectivity index (χ4n) is 4.46. The van der Waals surface area contributed by atoms with Gasteiger partial charge in [0.05, 0.1) is 18.8 Å². The van der Waals surface area contributed by atoms with Crippen LogP contribution >= 0.6 is 0 Å². The molecule has 4 aromatic rings. The van der Waals surface area contributed by atoms with Gasteiger partial charge in [-0.15, -0.1) is 0 Å². The number of benzene rings is 4. The summed E-state index contributed by atoms with van der Waals surface area (Å²) in [7, 11) is 0. The number of carbonyl (C=O) groups excluding carboxylic acids is 2. The molecule has 7 heteroatoms. The molecule has 1 aliphatic rings. The number of hydrogen-bond donors (Lipinski definition) is 2. The lowest BCUT2D eigenvalue weighted by Crippen LogP contribution is -2.20. The molecule has 7 nitrogen and oxygen atoms in total. The van der Waals surface area contributed by atoms with Crippen LogP contribution in [0.5, 0.6) is 17.2 Å². The monoisotopic (exact) mass is 536 g/mol. The van der Waals surface area contributed by atoms with E-state index in [0.717, 1.165) is 17.5 Å². The maximum absolute atomic E-state index is 13.3. The number of carbonyl (C=O) groups is 2. The predicted octanol–water partition coefficient (Wildman–Crippen LogP) is 7.50. The van der Waals surface area contributed by atoms with Crippen molar-refractivity contribution in [3.8, 4) is 17.2 Å². The molecule has 4 aromatic carbocycles. The lowest BCUT2D eigenvalue weighted by molar-refractivity contribution is 0.0933. The average molecular weight is 537 g/mol. The van der Waals surface area contributed by atoms with Crippen LogP contribution in [0.3, 0.4) is 0 Å². The number of ether oxygens (including phenoxy) is 3. The zero-order chi connectivity index (χ0) is 27.9. The number of anilines is 2. The van der Waals surface area contributed by atoms with E-state index in [4.69, 9.17) is 14.2 Å². The van der Waals surface area contributed by atoms with Crippen molar-refractivity contribution in [3.05, 3.63) is 114 Å². The standard InChI is InChI=1S/C33H32N2O5/c1-22(2)31(36)27-20-25(34-33(37)35-26-15-17-29-30(21-26)39-19-9-18-38-29)14-16-28(27)40-32(23-10-5-3-6-11-23)24-12-7-4-8-13-24/h3-8,10-17,20-22,32H,9,18-19H2,1-2H3,(H2,34,35,37). The molecule has 1 heterocycles. The Kier molecular flexibility index (Phi) is 8.30. The topological polar surface area (TPSA) is 85.9 Å². The summed E-state index contributed by atoms with van der Waals surface area (Å²) in [6, 6.07) is 29.7. The lowest BCUT2D eigenvalue weighted by atomic mass is 9.98. The fraction of sp³-hybridized carbons (Fsp3) is 0.212. The molecule has 0 atom stereocenters. The minimum Gasteiger partial charge on any atom is -0.490 e. The van der Waals surface area contributed by atoms with Gasteiger partial charge < -0.3 is 24.8 Å². The minimum absolute atomic E-state index is 0.0816. The quantitative estimate of drug-likeness (QED) is 0.228. The van der Waals surface area contributed by atoms with Crippen LogP contribution in [-0.4, -0.2) is 25.0 Å². The molecule has 0 fully saturated rings. The number of Topliss-reactive ketones (excluding diaryl/α,β-unsaturated/α-hetero) is 1. The first-order chi connectivity index (χ1) is 19.5. The molecule has 0 radical (unpaired) electrons. The highest BCUT2D eigenvalue weighted by Gasteiger charge is 2.22. The third-order valence-electron chi connectivity index (χ3n) is 6.48. The average Bonchev–Trinajstić information content (AvgIpc) is 3.22. The van der Waals surface area contributed by atoms with Gasteiger partial charge in [-0.25, -0.2) is 4.79 Å². The van der Waals surface area contributed by atoms with Gasteiger partial charge in [-0.3, -0.25) is 4.79 Å². The van der Waals surface area contributed by atoms with E-state index in [1.54, 1.807) is 36.4 Å². The van der Waals surface area contributed by atoms with Crippen LogP contribution in [0.4, 0.5) is 16.2 Å². The zero-order valence-corrected chi connectivity index (χ0v) is 22.6. The summed E-state index contributed by atoms with van der Waals surface area (Å²) in [5, 5.41) is 5.65. The molecule has 2 N–H and O–H groups in total. The molecule has 204 valence electrons. The first-order valence-corrected chi connectivity index (χ1v) is 13.4. The summed E-state index contributed by atoms with van der Waals surface area (Å²) in [6.07, 6.45) is 0.384. The van der Waals surface area contributed by atoms with Gasteiger partial charge in [0.2, 0.25) is 0 Å². The summed E-state index contributed by atoms with van der Waals surface area (Å²) in [5.74, 6) is 1.35. The normalized spacial score (nSPS) is 12.5. The van der Waals surface area contributed by atoms with E-state index in [1.807, 2.05) is 74.5 Å². The number of urea groups is 1. The summed E-state index contributed by atoms with van der Waals surface area (Å²) < 4.78 is 17.9. The number of fused-ring (bicyclic) bond motifs is 1. The van der Waals surface area contributed by atoms with Crippen molar-refractivity contribution in [1.82, 2.24) is 0 Å². The molecule has 0 bridgehead atoms. The summed E-state index contributed by atoms with van der Waals surface area (Å²) in [5.41, 5.74) is 3.37. The van der Waals surface area contributed by atoms with Gasteiger partial charge in [-0.1, -0.05) is 74.5 Å². The Hall–Kier alpha value is -4.78. The van der Waals surface area contributed by atoms with Gasteiger partial charge in [0.15, 0.2) is 17.3 Å². The third kappa shape index (κ3) is 6.43. The Morgan fingerprint density at radius 2 is 1.30 bits per heavy atom. The molecule has 0 unspecified atom stereocenters. The predicted molar refractivity (Wildman–Crippen MR) is 156 cm³/mol. The molecule has 0 saturated carbocycles. The fourth-order valence-corrected chi connectivity index (χ4v) is 4.46. The van der Waals surface area contributed by atoms with Gasteiger partial charge in [0, 0.05) is 29.8 Å². The second-order valence-electron chi connectivity index (χ2n) is 9.84. The molecule has 40 heavy (non-hydrogen) atoms. The Morgan fingerprint density at radius 1 is 0.725 bits per heavy atom. The van der Waals surface area contributed by atoms with Crippen molar-refractivity contribution in [3.63, 3.8) is 0 Å². The van der Waals surface area contributed by atoms with Crippen LogP contribution in [0.15, 0.2) is 97.1 Å². The van der Waals surface area contributed by atoms with Gasteiger partial charge in [0.25, 0.3) is 0 Å². The smallest absolute Gasteiger partial charge is 0.323 e. The molecular weight excluding hydrogens is 504 g/mol. The molecule has 0 aromatic heterocycles. The molecule has 2 amide bonds. The maximum atomic E-state index is 13.3. The summed E-state index contributed by atoms with van der Waals surface area (Å²) in [4.78, 5) is 26.1. The van der Waals surface area contributed by atoms with Gasteiger partial charge >= 0.3 is 6.03 Å². The van der Waals surface area contributed by atoms with E-state index in [1.165, 1.54) is 0 Å². The second kappa shape index (κ2) is 12.4. The van der Waals surface area contributed by atoms with E-state index in [0.29, 0.717) is 47.4 Å². The Bertz CT molecular complexity index is 1430. The molecule has 5 rings (SSSR count). The summed E-state index contributed by atoms with van der Waals surface area (Å²) >= 11 is 0. The van der Waals surface area contributed by atoms with Crippen molar-refractivity contribution in [2.24, 2.45) is 5.92 Å². The molecule has 0 spiro atoms. The Morgan fingerprint density at radius 3 is 1.93 bits per heavy atom. The number of hydrogen-bond acceptors (Lipinski definition) is 5. The van der Waals surface area contributed by atoms with Crippen LogP contribution in [0.2, 0.25) is 0 Å². The molecule has 1 aliphatic heterocycles. The first kappa shape index (κ1) is 26.8. The summed E-state index contributed by atoms with van der Waals surface area (Å²) in [6.45, 7) is 4.83. The third-order valence-corrected chi connectivity index (χ3v) is 6.48. The Balaban J connectivity index is 1.38. The SMILES string of the molecule is CC(C)C(=O)c1cc(NC(=O)Nc2ccc3c(c2)OCCCO3)ccc1OC(c1ccccc1)c1ccccc1. The van der Waals surface area contributed by atoms with Crippen LogP contribution in [-0.2, 0) is 0 Å². The van der Waals surface area contributed by atoms with Crippen LogP contribution < -0.4 is 24.8 Å². The second-order valence-corrected chi connectivity index (χ2v) is 9.84. The maximum Gasteiger partial charge on any atom is 0.323 e. The largest absolute Gasteiger partial charge is 0.490 e. The van der Waals surface area contributed by atoms with Crippen LogP contribution in [0, 0.1) is 5.92 Å². The van der Waals surface area contributed by atoms with Crippen LogP contribution in [0.25, 0.3) is 0 Å². The number of rotatable bonds is 8. The van der Waals surface area contributed by atoms with E-state index < -0.39 is 12.1 Å². The van der Waals surface area contributed by atoms with Crippen molar-refractivity contribution >= 4 is 23.2 Å². The number of nitrogens with one attached hydrogen (secondary N) is 2. The van der Waals surface area contributed by atoms with E-state index in [2.05, 4.69) is 10.6 Å². The number of amides is 2. The van der Waals surface area contributed by atoms with Crippen molar-refractivity contribution < 1.29 is 23.8 Å². The van der Waals surface area contributed by atoms with Gasteiger partial charge in [0.1, 0.15) is 11.9 Å². The van der Waals surface area contributed by atoms with E-state index in [9.17, 15) is 9.59 Å². The van der Waals surface area contributed by atoms with Gasteiger partial charge in [-0.05, 0) is 41.5 Å². The lowest BCUT2D eigenvalue weighted by Gasteiger charge is -2.23. The highest BCUT2D eigenvalue weighted by atomic mass is 16.5. The van der Waals surface area contributed by atoms with Crippen molar-refractivity contribution in [2.75, 3.05) is 23.8 Å². The van der Waals surface area contributed by atoms with E-state index in [-0.39, 0.29) is 11.7 Å². The Labute approximate surface area is 234 Å². The van der Waals surface area contributed by atoms with Crippen molar-refractivity contribution in [1.29, 1.82) is 0 Å². The molecule has 0 aliphatic carbocycles. The zero-order valence-electron chi connectivity index (χ0n) is 22.6. The van der Waals surface area contributed by atoms with Crippen LogP contribution in [0.1, 0.15) is 47.9 Å². The van der Waals surface area contributed by atoms with E-state index >= 15 is 0 Å². The minimum atomic E-state index is -0.447. The first-order valence-electron chi connectivity index (χ1n) is 13.4. The molecular formula is C33H32N2O5. The van der Waals surface area contributed by atoms with Crippen molar-refractivity contribution in [2.45, 2.75) is 26.4 Å². The molecule has 0 saturated heterocycles. The highest BCUT2D eigenvalue weighted by molar-refractivity contribution is 6.03. The van der Waals surface area contributed by atoms with Gasteiger partial charge in [-0.2, -0.15) is 0 Å².